The highest BCUT2D eigenvalue weighted by Gasteiger charge is 2.15. The predicted molar refractivity (Wildman–Crippen MR) is 89.6 cm³/mol. The fraction of sp³-hybridized carbons (Fsp3) is 0.562. The summed E-state index contributed by atoms with van der Waals surface area (Å²) in [5.74, 6) is -0.405. The van der Waals surface area contributed by atoms with Gasteiger partial charge in [-0.25, -0.2) is 4.79 Å². The first-order chi connectivity index (χ1) is 10.0. The number of halogens is 1. The number of aliphatic hydroxyl groups is 1. The molecular weight excluding hydrogens is 334 g/mol. The number of esters is 1. The van der Waals surface area contributed by atoms with Crippen molar-refractivity contribution in [2.24, 2.45) is 0 Å². The average Bonchev–Trinajstić information content (AvgIpc) is 2.52. The van der Waals surface area contributed by atoms with Crippen LogP contribution in [0.25, 0.3) is 0 Å². The van der Waals surface area contributed by atoms with Gasteiger partial charge in [0.2, 0.25) is 0 Å². The van der Waals surface area contributed by atoms with Gasteiger partial charge in [-0.1, -0.05) is 43.6 Å². The van der Waals surface area contributed by atoms with Crippen LogP contribution in [0.3, 0.4) is 0 Å². The van der Waals surface area contributed by atoms with Crippen LogP contribution in [0.1, 0.15) is 49.7 Å². The maximum atomic E-state index is 11.5. The fourth-order valence-corrected chi connectivity index (χ4v) is 2.38. The molecule has 1 rings (SSSR count). The summed E-state index contributed by atoms with van der Waals surface area (Å²) < 4.78 is 5.45. The molecule has 1 aromatic rings. The number of likely N-dealkylation sites (N-methyl/N-ethyl adjacent to an activating group) is 1. The van der Waals surface area contributed by atoms with Gasteiger partial charge in [0.1, 0.15) is 0 Å². The number of methoxy groups -OCH3 is 1. The number of nitrogens with zero attached hydrogens (tertiary/aromatic N) is 1. The average molecular weight is 360 g/mol. The van der Waals surface area contributed by atoms with Crippen LogP contribution in [0.2, 0.25) is 0 Å². The lowest BCUT2D eigenvalue weighted by atomic mass is 10.1. The molecule has 120 valence electrons. The van der Waals surface area contributed by atoms with Crippen molar-refractivity contribution in [1.82, 2.24) is 4.90 Å². The first-order valence-corrected chi connectivity index (χ1v) is 8.10. The molecule has 0 bridgehead atoms. The van der Waals surface area contributed by atoms with Crippen LogP contribution in [0.5, 0.6) is 0 Å². The number of benzene rings is 1. The van der Waals surface area contributed by atoms with E-state index in [1.807, 2.05) is 19.9 Å². The number of ether oxygens (including phenoxy) is 1. The van der Waals surface area contributed by atoms with Crippen molar-refractivity contribution in [3.8, 4) is 0 Å². The highest BCUT2D eigenvalue weighted by molar-refractivity contribution is 9.10. The predicted octanol–water partition coefficient (Wildman–Crippen LogP) is 3.64. The minimum absolute atomic E-state index is 0.405. The van der Waals surface area contributed by atoms with Crippen molar-refractivity contribution < 1.29 is 14.6 Å². The third kappa shape index (κ3) is 6.59. The number of carbonyl (C=O) groups excluding carboxylic acids is 1. The van der Waals surface area contributed by atoms with Gasteiger partial charge in [-0.3, -0.25) is 0 Å². The molecule has 0 aliphatic rings. The van der Waals surface area contributed by atoms with Crippen LogP contribution in [-0.4, -0.2) is 42.7 Å². The first-order valence-electron chi connectivity index (χ1n) is 7.31. The molecule has 0 amide bonds. The summed E-state index contributed by atoms with van der Waals surface area (Å²) in [6.45, 7) is 10.4. The molecule has 0 saturated carbocycles. The van der Waals surface area contributed by atoms with Gasteiger partial charge < -0.3 is 14.7 Å². The van der Waals surface area contributed by atoms with E-state index in [9.17, 15) is 9.90 Å². The number of hydrogen-bond acceptors (Lipinski definition) is 4. The van der Waals surface area contributed by atoms with E-state index in [0.29, 0.717) is 17.7 Å². The quantitative estimate of drug-likeness (QED) is 0.787. The molecule has 0 heterocycles. The van der Waals surface area contributed by atoms with Crippen LogP contribution < -0.4 is 0 Å². The van der Waals surface area contributed by atoms with E-state index >= 15 is 0 Å². The zero-order valence-corrected chi connectivity index (χ0v) is 15.1. The lowest BCUT2D eigenvalue weighted by molar-refractivity contribution is 0.0600. The Kier molecular flexibility index (Phi) is 10.3. The summed E-state index contributed by atoms with van der Waals surface area (Å²) >= 11 is 3.35. The van der Waals surface area contributed by atoms with Crippen LogP contribution in [-0.2, 0) is 4.74 Å². The highest BCUT2D eigenvalue weighted by Crippen LogP contribution is 2.22. The van der Waals surface area contributed by atoms with Crippen molar-refractivity contribution >= 4 is 21.9 Å². The highest BCUT2D eigenvalue weighted by atomic mass is 79.9. The lowest BCUT2D eigenvalue weighted by Gasteiger charge is -2.22. The summed E-state index contributed by atoms with van der Waals surface area (Å²) in [4.78, 5) is 13.7. The second kappa shape index (κ2) is 10.8. The second-order valence-corrected chi connectivity index (χ2v) is 5.18. The van der Waals surface area contributed by atoms with E-state index in [-0.39, 0.29) is 0 Å². The van der Waals surface area contributed by atoms with Crippen molar-refractivity contribution in [3.63, 3.8) is 0 Å². The maximum absolute atomic E-state index is 11.5. The summed E-state index contributed by atoms with van der Waals surface area (Å²) in [6, 6.07) is 5.17. The van der Waals surface area contributed by atoms with Gasteiger partial charge in [0.05, 0.1) is 18.8 Å². The van der Waals surface area contributed by atoms with Gasteiger partial charge in [-0.2, -0.15) is 0 Å². The molecule has 5 heteroatoms. The van der Waals surface area contributed by atoms with Crippen LogP contribution >= 0.6 is 15.9 Å². The third-order valence-corrected chi connectivity index (χ3v) is 3.51. The van der Waals surface area contributed by atoms with Crippen molar-refractivity contribution in [2.75, 3.05) is 26.7 Å². The van der Waals surface area contributed by atoms with E-state index in [1.54, 1.807) is 12.1 Å². The van der Waals surface area contributed by atoms with Crippen LogP contribution in [0.15, 0.2) is 22.7 Å². The summed E-state index contributed by atoms with van der Waals surface area (Å²) in [5, 5.41) is 10.2. The largest absolute Gasteiger partial charge is 0.465 e. The third-order valence-electron chi connectivity index (χ3n) is 3.05. The molecule has 0 radical (unpaired) electrons. The zero-order valence-electron chi connectivity index (χ0n) is 13.5. The van der Waals surface area contributed by atoms with Crippen LogP contribution in [0, 0.1) is 0 Å². The molecule has 1 atom stereocenters. The summed E-state index contributed by atoms with van der Waals surface area (Å²) in [6.07, 6.45) is -0.624. The summed E-state index contributed by atoms with van der Waals surface area (Å²) in [7, 11) is 1.34. The monoisotopic (exact) mass is 359 g/mol. The molecule has 0 aliphatic carbocycles. The van der Waals surface area contributed by atoms with E-state index in [4.69, 9.17) is 4.74 Å². The zero-order chi connectivity index (χ0) is 16.4. The van der Waals surface area contributed by atoms with Gasteiger partial charge in [0.25, 0.3) is 0 Å². The SMILES string of the molecule is CC.CCN(CC)CC(O)c1cc(Br)cc(C(=O)OC)c1. The van der Waals surface area contributed by atoms with E-state index in [0.717, 1.165) is 17.6 Å². The summed E-state index contributed by atoms with van der Waals surface area (Å²) in [5.41, 5.74) is 1.15. The van der Waals surface area contributed by atoms with E-state index < -0.39 is 12.1 Å². The Morgan fingerprint density at radius 1 is 1.29 bits per heavy atom. The van der Waals surface area contributed by atoms with Gasteiger partial charge in [0.15, 0.2) is 0 Å². The van der Waals surface area contributed by atoms with Gasteiger partial charge in [0, 0.05) is 11.0 Å². The molecule has 0 spiro atoms. The Morgan fingerprint density at radius 3 is 2.33 bits per heavy atom. The Bertz CT molecular complexity index is 434. The lowest BCUT2D eigenvalue weighted by Crippen LogP contribution is -2.28. The Labute approximate surface area is 136 Å². The smallest absolute Gasteiger partial charge is 0.337 e. The molecule has 1 unspecified atom stereocenters. The van der Waals surface area contributed by atoms with Gasteiger partial charge >= 0.3 is 5.97 Å². The molecule has 0 fully saturated rings. The van der Waals surface area contributed by atoms with Gasteiger partial charge in [-0.05, 0) is 36.9 Å². The standard InChI is InChI=1S/C14H20BrNO3.C2H6/c1-4-16(5-2)9-13(17)10-6-11(14(18)19-3)8-12(15)7-10;1-2/h6-8,13,17H,4-5,9H2,1-3H3;1-2H3. The minimum atomic E-state index is -0.624. The minimum Gasteiger partial charge on any atom is -0.465 e. The number of carbonyl (C=O) groups is 1. The molecule has 1 N–H and O–H groups in total. The normalized spacial score (nSPS) is 11.6. The number of hydrogen-bond donors (Lipinski definition) is 1. The first kappa shape index (κ1) is 20.1. The molecule has 0 aromatic heterocycles. The fourth-order valence-electron chi connectivity index (χ4n) is 1.87. The van der Waals surface area contributed by atoms with E-state index in [1.165, 1.54) is 7.11 Å². The Morgan fingerprint density at radius 2 is 1.86 bits per heavy atom. The number of aliphatic hydroxyl groups excluding tert-OH is 1. The number of rotatable bonds is 6. The molecule has 0 aliphatic heterocycles. The van der Waals surface area contributed by atoms with Crippen molar-refractivity contribution in [3.05, 3.63) is 33.8 Å². The topological polar surface area (TPSA) is 49.8 Å². The Hall–Kier alpha value is -0.910. The van der Waals surface area contributed by atoms with Crippen molar-refractivity contribution in [1.29, 1.82) is 0 Å². The van der Waals surface area contributed by atoms with Crippen LogP contribution in [0.4, 0.5) is 0 Å². The molecule has 1 aromatic carbocycles. The van der Waals surface area contributed by atoms with Crippen molar-refractivity contribution in [2.45, 2.75) is 33.8 Å². The molecule has 0 saturated heterocycles. The van der Waals surface area contributed by atoms with E-state index in [2.05, 4.69) is 34.7 Å². The molecule has 4 nitrogen and oxygen atoms in total. The maximum Gasteiger partial charge on any atom is 0.337 e. The molecule has 21 heavy (non-hydrogen) atoms. The second-order valence-electron chi connectivity index (χ2n) is 4.27. The Balaban J connectivity index is 0.00000191. The van der Waals surface area contributed by atoms with Gasteiger partial charge in [-0.15, -0.1) is 0 Å². The molecular formula is C16H26BrNO3.